The smallest absolute Gasteiger partial charge is 0.872 e. The number of hydrogen-bond acceptors (Lipinski definition) is 6. The third-order valence-corrected chi connectivity index (χ3v) is 4.00. The number of benzene rings is 3. The Kier molecular flexibility index (Phi) is 7.81. The molecular formula is C22H18N2NiO4. The van der Waals surface area contributed by atoms with Crippen LogP contribution in [0.3, 0.4) is 0 Å². The van der Waals surface area contributed by atoms with Gasteiger partial charge in [0.2, 0.25) is 0 Å². The fourth-order valence-corrected chi connectivity index (χ4v) is 2.47. The van der Waals surface area contributed by atoms with Crippen LogP contribution in [0.25, 0.3) is 0 Å². The van der Waals surface area contributed by atoms with Gasteiger partial charge < -0.3 is 19.7 Å². The Morgan fingerprint density at radius 1 is 0.690 bits per heavy atom. The largest absolute Gasteiger partial charge is 2.00 e. The van der Waals surface area contributed by atoms with Crippen LogP contribution in [-0.2, 0) is 16.5 Å². The van der Waals surface area contributed by atoms with Crippen LogP contribution in [0.2, 0.25) is 0 Å². The second-order valence-corrected chi connectivity index (χ2v) is 5.81. The molecule has 0 amide bonds. The number of ether oxygens (including phenoxy) is 2. The summed E-state index contributed by atoms with van der Waals surface area (Å²) >= 11 is 0. The molecule has 0 aliphatic rings. The molecule has 0 saturated heterocycles. The van der Waals surface area contributed by atoms with Gasteiger partial charge in [0.15, 0.2) is 0 Å². The van der Waals surface area contributed by atoms with Gasteiger partial charge in [-0.25, -0.2) is 0 Å². The average Bonchev–Trinajstić information content (AvgIpc) is 2.73. The van der Waals surface area contributed by atoms with Gasteiger partial charge in [-0.15, -0.1) is 0 Å². The van der Waals surface area contributed by atoms with E-state index in [2.05, 4.69) is 9.98 Å². The zero-order chi connectivity index (χ0) is 19.9. The van der Waals surface area contributed by atoms with E-state index < -0.39 is 0 Å². The Hall–Kier alpha value is -3.31. The summed E-state index contributed by atoms with van der Waals surface area (Å²) in [5.74, 6) is 0.845. The average molecular weight is 433 g/mol. The zero-order valence-electron chi connectivity index (χ0n) is 15.8. The molecule has 0 heterocycles. The van der Waals surface area contributed by atoms with Crippen LogP contribution in [0.4, 0.5) is 11.4 Å². The minimum Gasteiger partial charge on any atom is -0.872 e. The molecule has 0 radical (unpaired) electrons. The van der Waals surface area contributed by atoms with E-state index in [1.165, 1.54) is 38.8 Å². The number of aliphatic imine (C=N–C) groups is 2. The van der Waals surface area contributed by atoms with Gasteiger partial charge in [-0.1, -0.05) is 35.8 Å². The summed E-state index contributed by atoms with van der Waals surface area (Å²) in [5.41, 5.74) is 1.95. The van der Waals surface area contributed by atoms with Crippen LogP contribution in [0.5, 0.6) is 23.0 Å². The molecule has 0 saturated carbocycles. The Morgan fingerprint density at radius 3 is 1.48 bits per heavy atom. The second kappa shape index (κ2) is 10.3. The first kappa shape index (κ1) is 22.0. The van der Waals surface area contributed by atoms with Gasteiger partial charge in [-0.2, -0.15) is 0 Å². The van der Waals surface area contributed by atoms with Crippen molar-refractivity contribution in [2.45, 2.75) is 0 Å². The van der Waals surface area contributed by atoms with Crippen LogP contribution in [0, 0.1) is 0 Å². The van der Waals surface area contributed by atoms with Crippen molar-refractivity contribution in [2.75, 3.05) is 14.2 Å². The van der Waals surface area contributed by atoms with Crippen molar-refractivity contribution in [2.24, 2.45) is 9.98 Å². The van der Waals surface area contributed by atoms with Crippen LogP contribution < -0.4 is 19.7 Å². The van der Waals surface area contributed by atoms with Crippen LogP contribution in [0.1, 0.15) is 11.1 Å². The monoisotopic (exact) mass is 432 g/mol. The molecule has 0 spiro atoms. The molecule has 0 N–H and O–H groups in total. The first-order valence-corrected chi connectivity index (χ1v) is 8.48. The molecule has 7 heteroatoms. The van der Waals surface area contributed by atoms with Gasteiger partial charge in [-0.05, 0) is 47.5 Å². The minimum atomic E-state index is -0.155. The number of hydrogen-bond donors (Lipinski definition) is 0. The van der Waals surface area contributed by atoms with E-state index in [1.807, 2.05) is 12.1 Å². The Bertz CT molecular complexity index is 953. The predicted octanol–water partition coefficient (Wildman–Crippen LogP) is 3.35. The van der Waals surface area contributed by atoms with Gasteiger partial charge in [-0.3, -0.25) is 9.98 Å². The molecule has 0 unspecified atom stereocenters. The van der Waals surface area contributed by atoms with E-state index in [1.54, 1.807) is 36.4 Å². The summed E-state index contributed by atoms with van der Waals surface area (Å²) in [6, 6.07) is 16.5. The Labute approximate surface area is 179 Å². The van der Waals surface area contributed by atoms with Gasteiger partial charge >= 0.3 is 16.5 Å². The Balaban J connectivity index is 0.00000300. The van der Waals surface area contributed by atoms with Crippen molar-refractivity contribution in [1.29, 1.82) is 0 Å². The van der Waals surface area contributed by atoms with Gasteiger partial charge in [0.25, 0.3) is 0 Å². The molecule has 0 atom stereocenters. The summed E-state index contributed by atoms with van der Waals surface area (Å²) in [7, 11) is 3.07. The molecule has 0 aliphatic carbocycles. The number of nitrogens with zero attached hydrogens (tertiary/aromatic N) is 2. The summed E-state index contributed by atoms with van der Waals surface area (Å²) in [6.45, 7) is 0. The topological polar surface area (TPSA) is 89.3 Å². The molecule has 0 fully saturated rings. The summed E-state index contributed by atoms with van der Waals surface area (Å²) in [4.78, 5) is 8.77. The molecule has 0 aliphatic heterocycles. The number of rotatable bonds is 6. The molecule has 150 valence electrons. The van der Waals surface area contributed by atoms with Crippen LogP contribution in [0.15, 0.2) is 70.6 Å². The van der Waals surface area contributed by atoms with E-state index in [0.29, 0.717) is 34.0 Å². The summed E-state index contributed by atoms with van der Waals surface area (Å²) < 4.78 is 10.3. The fourth-order valence-electron chi connectivity index (χ4n) is 2.47. The van der Waals surface area contributed by atoms with E-state index in [0.717, 1.165) is 0 Å². The van der Waals surface area contributed by atoms with Crippen molar-refractivity contribution < 1.29 is 36.2 Å². The van der Waals surface area contributed by atoms with Crippen molar-refractivity contribution >= 4 is 23.8 Å². The standard InChI is InChI=1S/C22H20N2O4.Ni/c1-27-17-7-9-21(25)15(11-17)13-23-19-5-3-4-6-20(19)24-14-16-12-18(28-2)8-10-22(16)26;/h3-14,25-26H,1-2H3;/q;+2/p-2. The molecule has 0 aromatic heterocycles. The van der Waals surface area contributed by atoms with Gasteiger partial charge in [0.05, 0.1) is 25.6 Å². The van der Waals surface area contributed by atoms with Gasteiger partial charge in [0.1, 0.15) is 11.5 Å². The van der Waals surface area contributed by atoms with E-state index in [4.69, 9.17) is 9.47 Å². The normalized spacial score (nSPS) is 10.8. The van der Waals surface area contributed by atoms with Crippen molar-refractivity contribution in [3.63, 3.8) is 0 Å². The molecular weight excluding hydrogens is 415 g/mol. The zero-order valence-corrected chi connectivity index (χ0v) is 16.8. The maximum absolute atomic E-state index is 12.0. The first-order chi connectivity index (χ1) is 13.6. The molecule has 29 heavy (non-hydrogen) atoms. The van der Waals surface area contributed by atoms with E-state index >= 15 is 0 Å². The molecule has 3 aromatic carbocycles. The van der Waals surface area contributed by atoms with Crippen LogP contribution in [-0.4, -0.2) is 26.6 Å². The second-order valence-electron chi connectivity index (χ2n) is 5.81. The summed E-state index contributed by atoms with van der Waals surface area (Å²) in [5, 5.41) is 24.0. The molecule has 6 nitrogen and oxygen atoms in total. The van der Waals surface area contributed by atoms with Crippen molar-refractivity contribution in [3.8, 4) is 23.0 Å². The fraction of sp³-hybridized carbons (Fsp3) is 0.0909. The Morgan fingerprint density at radius 2 is 1.10 bits per heavy atom. The maximum Gasteiger partial charge on any atom is 2.00 e. The molecule has 0 bridgehead atoms. The summed E-state index contributed by atoms with van der Waals surface area (Å²) in [6.07, 6.45) is 2.95. The molecule has 3 rings (SSSR count). The number of para-hydroxylation sites is 2. The predicted molar refractivity (Wildman–Crippen MR) is 106 cm³/mol. The van der Waals surface area contributed by atoms with Crippen molar-refractivity contribution in [1.82, 2.24) is 0 Å². The minimum absolute atomic E-state index is 0. The quantitative estimate of drug-likeness (QED) is 0.441. The molecule has 3 aromatic rings. The van der Waals surface area contributed by atoms with Gasteiger partial charge in [0, 0.05) is 12.4 Å². The van der Waals surface area contributed by atoms with Crippen LogP contribution >= 0.6 is 0 Å². The third kappa shape index (κ3) is 5.59. The first-order valence-electron chi connectivity index (χ1n) is 8.48. The van der Waals surface area contributed by atoms with E-state index in [-0.39, 0.29) is 28.0 Å². The number of methoxy groups -OCH3 is 2. The maximum atomic E-state index is 12.0. The SMILES string of the molecule is COc1ccc([O-])c(C=Nc2ccccc2N=Cc2cc(OC)ccc2[O-])c1.[Ni+2]. The van der Waals surface area contributed by atoms with E-state index in [9.17, 15) is 10.2 Å². The third-order valence-electron chi connectivity index (χ3n) is 4.00. The van der Waals surface area contributed by atoms with Crippen molar-refractivity contribution in [3.05, 3.63) is 71.8 Å².